The molecule has 4 heteroatoms. The number of rotatable bonds is 5. The minimum absolute atomic E-state index is 0.273. The van der Waals surface area contributed by atoms with Crippen molar-refractivity contribution in [1.82, 2.24) is 4.90 Å². The number of amides is 1. The van der Waals surface area contributed by atoms with Crippen LogP contribution in [0.5, 0.6) is 0 Å². The van der Waals surface area contributed by atoms with Crippen LogP contribution in [0, 0.1) is 0 Å². The van der Waals surface area contributed by atoms with Crippen LogP contribution in [0.1, 0.15) is 18.4 Å². The Bertz CT molecular complexity index is 1040. The quantitative estimate of drug-likeness (QED) is 0.639. The Hall–Kier alpha value is -2.85. The normalized spacial score (nSPS) is 17.4. The zero-order valence-corrected chi connectivity index (χ0v) is 17.5. The molecule has 0 N–H and O–H groups in total. The Morgan fingerprint density at radius 1 is 0.733 bits per heavy atom. The van der Waals surface area contributed by atoms with Crippen molar-refractivity contribution in [2.24, 2.45) is 0 Å². The van der Waals surface area contributed by atoms with Gasteiger partial charge in [0.15, 0.2) is 0 Å². The molecule has 1 saturated heterocycles. The van der Waals surface area contributed by atoms with E-state index in [0.717, 1.165) is 57.8 Å². The highest BCUT2D eigenvalue weighted by molar-refractivity contribution is 5.96. The molecule has 0 bridgehead atoms. The van der Waals surface area contributed by atoms with Gasteiger partial charge >= 0.3 is 0 Å². The Morgan fingerprint density at radius 3 is 2.37 bits per heavy atom. The summed E-state index contributed by atoms with van der Waals surface area (Å²) >= 11 is 0. The summed E-state index contributed by atoms with van der Waals surface area (Å²) in [6.45, 7) is 6.15. The molecule has 0 atom stereocenters. The second-order valence-corrected chi connectivity index (χ2v) is 8.39. The second-order valence-electron chi connectivity index (χ2n) is 8.39. The number of carbonyl (C=O) groups is 1. The largest absolute Gasteiger partial charge is 0.369 e. The molecule has 0 spiro atoms. The molecular weight excluding hydrogens is 370 g/mol. The van der Waals surface area contributed by atoms with Crippen LogP contribution in [0.25, 0.3) is 10.8 Å². The molecule has 3 aromatic carbocycles. The van der Waals surface area contributed by atoms with Gasteiger partial charge in [0.25, 0.3) is 0 Å². The van der Waals surface area contributed by atoms with Crippen LogP contribution in [0.4, 0.5) is 11.4 Å². The van der Waals surface area contributed by atoms with E-state index in [4.69, 9.17) is 0 Å². The molecular formula is C26H29N3O. The molecule has 0 aliphatic carbocycles. The molecule has 2 heterocycles. The summed E-state index contributed by atoms with van der Waals surface area (Å²) in [7, 11) is 0. The smallest absolute Gasteiger partial charge is 0.227 e. The standard InChI is InChI=1S/C26H29N3O/c30-26-13-11-22-7-3-4-9-25(22)29(26)15-5-14-27-16-18-28(19-17-27)24-12-10-21-6-1-2-8-23(21)20-24/h1-4,6-10,12,20H,5,11,13-19H2. The molecule has 4 nitrogen and oxygen atoms in total. The van der Waals surface area contributed by atoms with Crippen molar-refractivity contribution in [1.29, 1.82) is 0 Å². The van der Waals surface area contributed by atoms with Gasteiger partial charge in [-0.3, -0.25) is 9.69 Å². The summed E-state index contributed by atoms with van der Waals surface area (Å²) in [6.07, 6.45) is 2.54. The van der Waals surface area contributed by atoms with E-state index in [2.05, 4.69) is 70.5 Å². The lowest BCUT2D eigenvalue weighted by molar-refractivity contribution is -0.118. The number of para-hydroxylation sites is 1. The van der Waals surface area contributed by atoms with Crippen LogP contribution < -0.4 is 9.80 Å². The van der Waals surface area contributed by atoms with Gasteiger partial charge in [-0.2, -0.15) is 0 Å². The van der Waals surface area contributed by atoms with E-state index in [1.165, 1.54) is 22.0 Å². The third-order valence-corrected chi connectivity index (χ3v) is 6.52. The van der Waals surface area contributed by atoms with Crippen molar-refractivity contribution in [3.05, 3.63) is 72.3 Å². The van der Waals surface area contributed by atoms with Crippen LogP contribution in [-0.4, -0.2) is 50.1 Å². The summed E-state index contributed by atoms with van der Waals surface area (Å²) < 4.78 is 0. The summed E-state index contributed by atoms with van der Waals surface area (Å²) in [5, 5.41) is 2.61. The van der Waals surface area contributed by atoms with Gasteiger partial charge in [-0.05, 0) is 53.9 Å². The lowest BCUT2D eigenvalue weighted by Crippen LogP contribution is -2.47. The molecule has 2 aliphatic heterocycles. The van der Waals surface area contributed by atoms with Gasteiger partial charge in [0.05, 0.1) is 0 Å². The van der Waals surface area contributed by atoms with Gasteiger partial charge in [0.2, 0.25) is 5.91 Å². The average molecular weight is 400 g/mol. The molecule has 1 amide bonds. The van der Waals surface area contributed by atoms with Gasteiger partial charge in [-0.15, -0.1) is 0 Å². The highest BCUT2D eigenvalue weighted by Gasteiger charge is 2.24. The minimum atomic E-state index is 0.273. The van der Waals surface area contributed by atoms with Gasteiger partial charge in [0.1, 0.15) is 0 Å². The predicted molar refractivity (Wildman–Crippen MR) is 124 cm³/mol. The average Bonchev–Trinajstić information content (AvgIpc) is 2.80. The molecule has 5 rings (SSSR count). The highest BCUT2D eigenvalue weighted by atomic mass is 16.2. The van der Waals surface area contributed by atoms with Gasteiger partial charge in [0, 0.05) is 50.5 Å². The number of piperazine rings is 1. The summed E-state index contributed by atoms with van der Waals surface area (Å²) in [4.78, 5) is 19.5. The molecule has 0 aromatic heterocycles. The van der Waals surface area contributed by atoms with Crippen LogP contribution >= 0.6 is 0 Å². The fourth-order valence-electron chi connectivity index (χ4n) is 4.80. The molecule has 1 fully saturated rings. The topological polar surface area (TPSA) is 26.8 Å². The molecule has 0 radical (unpaired) electrons. The number of carbonyl (C=O) groups excluding carboxylic acids is 1. The maximum absolute atomic E-state index is 12.4. The number of anilines is 2. The number of aryl methyl sites for hydroxylation is 1. The Balaban J connectivity index is 1.14. The van der Waals surface area contributed by atoms with Crippen molar-refractivity contribution in [2.75, 3.05) is 49.1 Å². The molecule has 154 valence electrons. The number of hydrogen-bond donors (Lipinski definition) is 0. The SMILES string of the molecule is O=C1CCc2ccccc2N1CCCN1CCN(c2ccc3ccccc3c2)CC1. The Kier molecular flexibility index (Phi) is 5.41. The first-order valence-electron chi connectivity index (χ1n) is 11.1. The minimum Gasteiger partial charge on any atom is -0.369 e. The van der Waals surface area contributed by atoms with Gasteiger partial charge < -0.3 is 9.80 Å². The van der Waals surface area contributed by atoms with Gasteiger partial charge in [-0.1, -0.05) is 48.5 Å². The summed E-state index contributed by atoms with van der Waals surface area (Å²) in [5.41, 5.74) is 3.75. The number of hydrogen-bond acceptors (Lipinski definition) is 3. The maximum Gasteiger partial charge on any atom is 0.227 e. The molecule has 0 saturated carbocycles. The van der Waals surface area contributed by atoms with E-state index >= 15 is 0 Å². The monoisotopic (exact) mass is 399 g/mol. The van der Waals surface area contributed by atoms with Crippen molar-refractivity contribution >= 4 is 28.1 Å². The van der Waals surface area contributed by atoms with Crippen LogP contribution in [0.15, 0.2) is 66.7 Å². The summed E-state index contributed by atoms with van der Waals surface area (Å²) in [6, 6.07) is 23.7. The molecule has 3 aromatic rings. The first-order valence-corrected chi connectivity index (χ1v) is 11.1. The molecule has 2 aliphatic rings. The fraction of sp³-hybridized carbons (Fsp3) is 0.346. The van der Waals surface area contributed by atoms with E-state index in [1.54, 1.807) is 0 Å². The van der Waals surface area contributed by atoms with E-state index in [0.29, 0.717) is 6.42 Å². The third-order valence-electron chi connectivity index (χ3n) is 6.52. The Morgan fingerprint density at radius 2 is 1.50 bits per heavy atom. The lowest BCUT2D eigenvalue weighted by Gasteiger charge is -2.37. The first-order chi connectivity index (χ1) is 14.8. The number of benzene rings is 3. The zero-order chi connectivity index (χ0) is 20.3. The van der Waals surface area contributed by atoms with Crippen LogP contribution in [0.3, 0.4) is 0 Å². The second kappa shape index (κ2) is 8.49. The van der Waals surface area contributed by atoms with Crippen LogP contribution in [-0.2, 0) is 11.2 Å². The van der Waals surface area contributed by atoms with E-state index < -0.39 is 0 Å². The fourth-order valence-corrected chi connectivity index (χ4v) is 4.80. The van der Waals surface area contributed by atoms with E-state index in [1.807, 2.05) is 11.0 Å². The number of nitrogens with zero attached hydrogens (tertiary/aromatic N) is 3. The van der Waals surface area contributed by atoms with E-state index in [9.17, 15) is 4.79 Å². The van der Waals surface area contributed by atoms with Crippen molar-refractivity contribution < 1.29 is 4.79 Å². The predicted octanol–water partition coefficient (Wildman–Crippen LogP) is 4.33. The summed E-state index contributed by atoms with van der Waals surface area (Å²) in [5.74, 6) is 0.273. The zero-order valence-electron chi connectivity index (χ0n) is 17.5. The van der Waals surface area contributed by atoms with Crippen molar-refractivity contribution in [3.8, 4) is 0 Å². The third kappa shape index (κ3) is 3.92. The Labute approximate surface area is 178 Å². The van der Waals surface area contributed by atoms with Crippen molar-refractivity contribution in [2.45, 2.75) is 19.3 Å². The highest BCUT2D eigenvalue weighted by Crippen LogP contribution is 2.28. The first kappa shape index (κ1) is 19.1. The van der Waals surface area contributed by atoms with Crippen molar-refractivity contribution in [3.63, 3.8) is 0 Å². The van der Waals surface area contributed by atoms with E-state index in [-0.39, 0.29) is 5.91 Å². The molecule has 30 heavy (non-hydrogen) atoms. The maximum atomic E-state index is 12.4. The van der Waals surface area contributed by atoms with Crippen LogP contribution in [0.2, 0.25) is 0 Å². The molecule has 0 unspecified atom stereocenters. The number of fused-ring (bicyclic) bond motifs is 2. The van der Waals surface area contributed by atoms with Gasteiger partial charge in [-0.25, -0.2) is 0 Å². The lowest BCUT2D eigenvalue weighted by atomic mass is 10.0.